The molecule has 1 saturated carbocycles. The van der Waals surface area contributed by atoms with E-state index in [0.717, 1.165) is 25.7 Å². The molecule has 122 valence electrons. The van der Waals surface area contributed by atoms with Crippen LogP contribution in [0.3, 0.4) is 0 Å². The molecule has 0 unspecified atom stereocenters. The average Bonchev–Trinajstić information content (AvgIpc) is 2.45. The van der Waals surface area contributed by atoms with Crippen LogP contribution in [-0.4, -0.2) is 17.5 Å². The van der Waals surface area contributed by atoms with Crippen molar-refractivity contribution in [3.05, 3.63) is 29.8 Å². The molecule has 0 heterocycles. The Kier molecular flexibility index (Phi) is 5.74. The fourth-order valence-electron chi connectivity index (χ4n) is 2.58. The number of nitrogens with two attached hydrogens (primary N) is 1. The molecule has 0 bridgehead atoms. The average molecular weight is 332 g/mol. The summed E-state index contributed by atoms with van der Waals surface area (Å²) in [4.78, 5) is 12.2. The van der Waals surface area contributed by atoms with Crippen molar-refractivity contribution in [2.75, 3.05) is 0 Å². The van der Waals surface area contributed by atoms with E-state index in [1.165, 1.54) is 6.07 Å². The molecule has 1 aromatic rings. The van der Waals surface area contributed by atoms with Crippen LogP contribution in [0.5, 0.6) is 0 Å². The SMILES string of the molecule is NC1CCC(C(=O)NCc2ccccc2SC(F)(F)F)CC1. The Balaban J connectivity index is 1.92. The second kappa shape index (κ2) is 7.37. The fraction of sp³-hybridized carbons (Fsp3) is 0.533. The summed E-state index contributed by atoms with van der Waals surface area (Å²) in [6, 6.07) is 6.40. The van der Waals surface area contributed by atoms with Gasteiger partial charge in [0, 0.05) is 23.4 Å². The Morgan fingerprint density at radius 3 is 2.50 bits per heavy atom. The van der Waals surface area contributed by atoms with Gasteiger partial charge in [-0.05, 0) is 49.1 Å². The highest BCUT2D eigenvalue weighted by atomic mass is 32.2. The van der Waals surface area contributed by atoms with Gasteiger partial charge in [-0.2, -0.15) is 13.2 Å². The Hall–Kier alpha value is -1.21. The number of carbonyl (C=O) groups is 1. The first kappa shape index (κ1) is 17.1. The summed E-state index contributed by atoms with van der Waals surface area (Å²) >= 11 is -0.153. The van der Waals surface area contributed by atoms with Crippen LogP contribution < -0.4 is 11.1 Å². The maximum atomic E-state index is 12.5. The second-order valence-corrected chi connectivity index (χ2v) is 6.59. The minimum Gasteiger partial charge on any atom is -0.352 e. The Morgan fingerprint density at radius 2 is 1.86 bits per heavy atom. The summed E-state index contributed by atoms with van der Waals surface area (Å²) in [7, 11) is 0. The van der Waals surface area contributed by atoms with Crippen molar-refractivity contribution in [2.45, 2.75) is 48.7 Å². The molecule has 0 atom stereocenters. The third kappa shape index (κ3) is 5.21. The third-order valence-electron chi connectivity index (χ3n) is 3.79. The van der Waals surface area contributed by atoms with E-state index in [-0.39, 0.29) is 41.1 Å². The molecule has 0 saturated heterocycles. The normalized spacial score (nSPS) is 22.4. The van der Waals surface area contributed by atoms with Gasteiger partial charge in [0.1, 0.15) is 0 Å². The lowest BCUT2D eigenvalue weighted by Gasteiger charge is -2.25. The summed E-state index contributed by atoms with van der Waals surface area (Å²) in [6.07, 6.45) is 3.12. The Morgan fingerprint density at radius 1 is 1.23 bits per heavy atom. The lowest BCUT2D eigenvalue weighted by molar-refractivity contribution is -0.126. The monoisotopic (exact) mass is 332 g/mol. The van der Waals surface area contributed by atoms with E-state index in [4.69, 9.17) is 5.73 Å². The maximum absolute atomic E-state index is 12.5. The molecule has 3 nitrogen and oxygen atoms in total. The number of carbonyl (C=O) groups excluding carboxylic acids is 1. The first-order valence-electron chi connectivity index (χ1n) is 7.22. The zero-order valence-electron chi connectivity index (χ0n) is 12.0. The van der Waals surface area contributed by atoms with Gasteiger partial charge >= 0.3 is 5.51 Å². The summed E-state index contributed by atoms with van der Waals surface area (Å²) < 4.78 is 37.5. The van der Waals surface area contributed by atoms with Crippen molar-refractivity contribution in [2.24, 2.45) is 11.7 Å². The highest BCUT2D eigenvalue weighted by molar-refractivity contribution is 8.00. The minimum atomic E-state index is -4.33. The molecule has 2 rings (SSSR count). The topological polar surface area (TPSA) is 55.1 Å². The number of hydrogen-bond donors (Lipinski definition) is 2. The van der Waals surface area contributed by atoms with Crippen molar-refractivity contribution in [3.63, 3.8) is 0 Å². The van der Waals surface area contributed by atoms with Gasteiger partial charge in [0.15, 0.2) is 0 Å². The predicted octanol–water partition coefficient (Wildman–Crippen LogP) is 3.43. The molecule has 0 spiro atoms. The van der Waals surface area contributed by atoms with Crippen LogP contribution in [0.4, 0.5) is 13.2 Å². The van der Waals surface area contributed by atoms with Gasteiger partial charge in [-0.25, -0.2) is 0 Å². The minimum absolute atomic E-state index is 0.0813. The van der Waals surface area contributed by atoms with E-state index < -0.39 is 5.51 Å². The van der Waals surface area contributed by atoms with Crippen LogP contribution in [0.25, 0.3) is 0 Å². The van der Waals surface area contributed by atoms with Gasteiger partial charge in [0.25, 0.3) is 0 Å². The number of benzene rings is 1. The van der Waals surface area contributed by atoms with Crippen LogP contribution in [0.2, 0.25) is 0 Å². The van der Waals surface area contributed by atoms with Crippen LogP contribution >= 0.6 is 11.8 Å². The molecule has 1 aliphatic rings. The lowest BCUT2D eigenvalue weighted by atomic mass is 9.86. The Bertz CT molecular complexity index is 514. The highest BCUT2D eigenvalue weighted by Gasteiger charge is 2.30. The maximum Gasteiger partial charge on any atom is 0.446 e. The van der Waals surface area contributed by atoms with E-state index in [2.05, 4.69) is 5.32 Å². The molecule has 1 amide bonds. The van der Waals surface area contributed by atoms with Crippen LogP contribution in [0.15, 0.2) is 29.2 Å². The van der Waals surface area contributed by atoms with Crippen LogP contribution in [-0.2, 0) is 11.3 Å². The van der Waals surface area contributed by atoms with Crippen molar-refractivity contribution in [3.8, 4) is 0 Å². The van der Waals surface area contributed by atoms with E-state index in [1.807, 2.05) is 0 Å². The summed E-state index contributed by atoms with van der Waals surface area (Å²) in [6.45, 7) is 0.112. The van der Waals surface area contributed by atoms with Gasteiger partial charge in [0.05, 0.1) is 0 Å². The first-order valence-corrected chi connectivity index (χ1v) is 8.04. The summed E-state index contributed by atoms with van der Waals surface area (Å²) in [5.74, 6) is -0.180. The van der Waals surface area contributed by atoms with Crippen molar-refractivity contribution >= 4 is 17.7 Å². The first-order chi connectivity index (χ1) is 10.3. The molecule has 22 heavy (non-hydrogen) atoms. The van der Waals surface area contributed by atoms with Crippen molar-refractivity contribution < 1.29 is 18.0 Å². The van der Waals surface area contributed by atoms with Gasteiger partial charge in [-0.15, -0.1) is 0 Å². The van der Waals surface area contributed by atoms with Crippen molar-refractivity contribution in [1.82, 2.24) is 5.32 Å². The molecule has 7 heteroatoms. The molecule has 1 aromatic carbocycles. The number of amides is 1. The Labute approximate surface area is 131 Å². The van der Waals surface area contributed by atoms with E-state index in [1.54, 1.807) is 18.2 Å². The van der Waals surface area contributed by atoms with Gasteiger partial charge in [-0.3, -0.25) is 4.79 Å². The molecular formula is C15H19F3N2OS. The number of nitrogens with one attached hydrogen (secondary N) is 1. The molecule has 0 aromatic heterocycles. The lowest BCUT2D eigenvalue weighted by Crippen LogP contribution is -2.36. The predicted molar refractivity (Wildman–Crippen MR) is 80.1 cm³/mol. The summed E-state index contributed by atoms with van der Waals surface area (Å²) in [5, 5.41) is 2.75. The smallest absolute Gasteiger partial charge is 0.352 e. The molecule has 0 radical (unpaired) electrons. The van der Waals surface area contributed by atoms with E-state index >= 15 is 0 Å². The number of alkyl halides is 3. The fourth-order valence-corrected chi connectivity index (χ4v) is 3.25. The second-order valence-electron chi connectivity index (χ2n) is 5.49. The van der Waals surface area contributed by atoms with E-state index in [0.29, 0.717) is 5.56 Å². The number of rotatable bonds is 4. The van der Waals surface area contributed by atoms with Gasteiger partial charge in [-0.1, -0.05) is 18.2 Å². The molecular weight excluding hydrogens is 313 g/mol. The number of halogens is 3. The van der Waals surface area contributed by atoms with Crippen molar-refractivity contribution in [1.29, 1.82) is 0 Å². The summed E-state index contributed by atoms with van der Waals surface area (Å²) in [5.41, 5.74) is 1.94. The molecule has 1 aliphatic carbocycles. The molecule has 3 N–H and O–H groups in total. The molecule has 0 aliphatic heterocycles. The van der Waals surface area contributed by atoms with Crippen LogP contribution in [0, 0.1) is 5.92 Å². The third-order valence-corrected chi connectivity index (χ3v) is 4.64. The van der Waals surface area contributed by atoms with Gasteiger partial charge in [0.2, 0.25) is 5.91 Å². The number of hydrogen-bond acceptors (Lipinski definition) is 3. The van der Waals surface area contributed by atoms with Crippen LogP contribution in [0.1, 0.15) is 31.2 Å². The quantitative estimate of drug-likeness (QED) is 0.831. The largest absolute Gasteiger partial charge is 0.446 e. The van der Waals surface area contributed by atoms with Gasteiger partial charge < -0.3 is 11.1 Å². The molecule has 1 fully saturated rings. The zero-order valence-corrected chi connectivity index (χ0v) is 12.8. The van der Waals surface area contributed by atoms with E-state index in [9.17, 15) is 18.0 Å². The highest BCUT2D eigenvalue weighted by Crippen LogP contribution is 2.38. The standard InChI is InChI=1S/C15H19F3N2OS/c16-15(17,18)22-13-4-2-1-3-11(13)9-20-14(21)10-5-7-12(19)8-6-10/h1-4,10,12H,5-9,19H2,(H,20,21). The zero-order chi connectivity index (χ0) is 16.2. The number of thioether (sulfide) groups is 1.